The van der Waals surface area contributed by atoms with E-state index in [-0.39, 0.29) is 68.9 Å². The zero-order chi connectivity index (χ0) is 100. The van der Waals surface area contributed by atoms with Gasteiger partial charge in [-0.15, -0.1) is 0 Å². The Labute approximate surface area is 840 Å². The molecule has 11 rings (SSSR count). The second-order valence-electron chi connectivity index (χ2n) is 34.0. The average Bonchev–Trinajstić information content (AvgIpc) is 0.796. The van der Waals surface area contributed by atoms with Gasteiger partial charge in [-0.2, -0.15) is 0 Å². The van der Waals surface area contributed by atoms with Crippen LogP contribution in [0.5, 0.6) is 28.7 Å². The predicted octanol–water partition coefficient (Wildman–Crippen LogP) is 23.9. The van der Waals surface area contributed by atoms with E-state index in [4.69, 9.17) is 105 Å². The van der Waals surface area contributed by atoms with Crippen LogP contribution in [0.25, 0.3) is 0 Å². The van der Waals surface area contributed by atoms with Gasteiger partial charge in [0.2, 0.25) is 0 Å². The molecular formula is C106H123Cl7N12O12. The Morgan fingerprint density at radius 3 is 0.810 bits per heavy atom. The Kier molecular flexibility index (Phi) is 44.2. The maximum absolute atomic E-state index is 13.8. The Bertz CT molecular complexity index is 5680. The fourth-order valence-corrected chi connectivity index (χ4v) is 14.4. The lowest BCUT2D eigenvalue weighted by atomic mass is 9.91. The molecule has 0 fully saturated rings. The number of rotatable bonds is 38. The van der Waals surface area contributed by atoms with Crippen molar-refractivity contribution >= 4 is 162 Å². The summed E-state index contributed by atoms with van der Waals surface area (Å²) in [6.45, 7) is 22.3. The number of nitrogens with zero attached hydrogens (tertiary/aromatic N) is 5. The first-order valence-corrected chi connectivity index (χ1v) is 47.2. The fourth-order valence-electron chi connectivity index (χ4n) is 13.6. The summed E-state index contributed by atoms with van der Waals surface area (Å²) in [5.41, 5.74) is 14.9. The predicted molar refractivity (Wildman–Crippen MR) is 563 cm³/mol. The number of aryl methyl sites for hydroxylation is 9. The Hall–Kier alpha value is -11.5. The molecule has 0 unspecified atom stereocenters. The SMILES string of the molecule is CCOc1cc(C(=O)Nc2ccc(Cl)c(C)c2)c(OCC)cc1C(=O)Nc1ccc(Cl)c(C)c1.Cc1cc(NC(=O)c2cc(CCCN(C)C)c(C(=O)Nc3ccc(Cl)c(C)c3)c(CCCN(C)C)c2)ccc1Cl.Cc1cc(NC(=O)c2cc(OCCN(C)C)c(C(=O)Nc3ccc(Cl)c(C)c3)c(OCCN(C)C)c2)ccc1Cl.Cc1cc(NC(=O)c2cccc(OCCN(C)C)c2)ccc1Cl. The summed E-state index contributed by atoms with van der Waals surface area (Å²) in [5, 5.41) is 24.9. The quantitative estimate of drug-likeness (QED) is 0.0190. The van der Waals surface area contributed by atoms with Gasteiger partial charge in [0.15, 0.2) is 0 Å². The minimum absolute atomic E-state index is 0.176. The summed E-state index contributed by atoms with van der Waals surface area (Å²) in [6, 6.07) is 54.2. The van der Waals surface area contributed by atoms with E-state index in [2.05, 4.69) is 47.0 Å². The molecule has 137 heavy (non-hydrogen) atoms. The van der Waals surface area contributed by atoms with Crippen LogP contribution in [0, 0.1) is 48.5 Å². The van der Waals surface area contributed by atoms with E-state index >= 15 is 0 Å². The molecule has 11 aromatic rings. The number of ether oxygens (including phenoxy) is 5. The van der Waals surface area contributed by atoms with Gasteiger partial charge in [-0.1, -0.05) is 87.3 Å². The van der Waals surface area contributed by atoms with Crippen LogP contribution in [0.4, 0.5) is 39.8 Å². The summed E-state index contributed by atoms with van der Waals surface area (Å²) in [6.07, 6.45) is 3.04. The van der Waals surface area contributed by atoms with Crippen molar-refractivity contribution in [2.45, 2.75) is 88.0 Å². The van der Waals surface area contributed by atoms with E-state index in [0.717, 1.165) is 88.2 Å². The van der Waals surface area contributed by atoms with Gasteiger partial charge in [0, 0.05) is 117 Å². The second-order valence-corrected chi connectivity index (χ2v) is 36.8. The highest BCUT2D eigenvalue weighted by Crippen LogP contribution is 2.37. The van der Waals surface area contributed by atoms with Gasteiger partial charge in [0.1, 0.15) is 54.1 Å². The molecule has 11 aromatic carbocycles. The molecule has 31 heteroatoms. The highest BCUT2D eigenvalue weighted by Gasteiger charge is 2.28. The zero-order valence-corrected chi connectivity index (χ0v) is 86.4. The molecule has 728 valence electrons. The minimum Gasteiger partial charge on any atom is -0.493 e. The number of benzene rings is 11. The number of carbonyl (C=O) groups is 7. The van der Waals surface area contributed by atoms with Crippen molar-refractivity contribution in [2.24, 2.45) is 0 Å². The Morgan fingerprint density at radius 2 is 0.526 bits per heavy atom. The molecule has 0 aliphatic rings. The van der Waals surface area contributed by atoms with Crippen molar-refractivity contribution in [2.75, 3.05) is 173 Å². The number of carbonyl (C=O) groups excluding carboxylic acids is 7. The van der Waals surface area contributed by atoms with Crippen molar-refractivity contribution in [3.63, 3.8) is 0 Å². The second kappa shape index (κ2) is 54.6. The van der Waals surface area contributed by atoms with E-state index < -0.39 is 17.7 Å². The van der Waals surface area contributed by atoms with Crippen LogP contribution in [-0.2, 0) is 12.8 Å². The summed E-state index contributed by atoms with van der Waals surface area (Å²) >= 11 is 42.8. The van der Waals surface area contributed by atoms with Crippen LogP contribution < -0.4 is 60.9 Å². The molecule has 0 heterocycles. The third-order valence-electron chi connectivity index (χ3n) is 21.0. The molecule has 7 amide bonds. The monoisotopic (exact) mass is 2000 g/mol. The molecule has 0 aliphatic carbocycles. The third kappa shape index (κ3) is 35.5. The van der Waals surface area contributed by atoms with Crippen LogP contribution in [0.2, 0.25) is 35.2 Å². The molecule has 0 aliphatic heterocycles. The van der Waals surface area contributed by atoms with Gasteiger partial charge in [0.05, 0.1) is 24.3 Å². The van der Waals surface area contributed by atoms with Crippen molar-refractivity contribution in [1.82, 2.24) is 24.5 Å². The number of hydrogen-bond donors (Lipinski definition) is 7. The van der Waals surface area contributed by atoms with E-state index in [1.54, 1.807) is 147 Å². The highest BCUT2D eigenvalue weighted by molar-refractivity contribution is 6.34. The van der Waals surface area contributed by atoms with Crippen LogP contribution in [0.15, 0.2) is 188 Å². The van der Waals surface area contributed by atoms with Gasteiger partial charge in [-0.3, -0.25) is 33.6 Å². The fraction of sp³-hybridized carbons (Fsp3) is 0.311. The number of nitrogens with one attached hydrogen (secondary N) is 7. The molecule has 7 N–H and O–H groups in total. The van der Waals surface area contributed by atoms with Crippen molar-refractivity contribution in [3.05, 3.63) is 312 Å². The number of hydrogen-bond acceptors (Lipinski definition) is 17. The smallest absolute Gasteiger partial charge is 0.263 e. The van der Waals surface area contributed by atoms with E-state index in [0.29, 0.717) is 151 Å². The largest absolute Gasteiger partial charge is 0.493 e. The lowest BCUT2D eigenvalue weighted by Gasteiger charge is -2.20. The van der Waals surface area contributed by atoms with Crippen LogP contribution >= 0.6 is 81.2 Å². The molecule has 0 spiro atoms. The molecule has 0 radical (unpaired) electrons. The summed E-state index contributed by atoms with van der Waals surface area (Å²) in [7, 11) is 19.8. The molecule has 24 nitrogen and oxygen atoms in total. The normalized spacial score (nSPS) is 10.9. The zero-order valence-electron chi connectivity index (χ0n) is 81.1. The molecule has 0 saturated heterocycles. The maximum atomic E-state index is 13.8. The number of halogens is 7. The molecule has 0 atom stereocenters. The first-order valence-electron chi connectivity index (χ1n) is 44.6. The molecular weight excluding hydrogens is 1880 g/mol. The van der Waals surface area contributed by atoms with E-state index in [9.17, 15) is 33.6 Å². The standard InChI is InChI=1S/C32H40Cl2N4O2.C30H36Cl2N4O4.C26H26Cl2N2O4.C18H21ClN2O2/c1-21-17-26(11-13-28(21)33)35-31(39)25-19-23(9-7-15-37(3)4)30(24(20-25)10-8-16-38(5)6)32(40)36-27-12-14-29(34)22(2)18-27;1-19-15-22(7-9-24(19)31)33-29(37)21-17-26(39-13-11-35(3)4)28(27(18-21)40-14-12-36(5)6)30(38)34-23-8-10-25(32)20(2)16-23;1-5-33-23-13-20(26(32)30-18-8-10-22(28)16(4)12-18)24(34-6-2)14-19(23)25(31)29-17-7-9-21(27)15(3)11-17;1-13-11-15(7-8-17(13)19)20-18(22)14-5-4-6-16(12-14)23-10-9-21(2)3/h11-14,17-20H,7-10,15-16H2,1-6H3,(H,35,39)(H,36,40);7-10,15-18H,11-14H2,1-6H3,(H,33,37)(H,34,38);7-14H,5-6H2,1-4H3,(H,29,31)(H,30,32);4-8,11-12H,9-10H2,1-3H3,(H,20,22). The topological polar surface area (TPSA) is 266 Å². The molecule has 0 aromatic heterocycles. The van der Waals surface area contributed by atoms with Crippen LogP contribution in [0.3, 0.4) is 0 Å². The Balaban J connectivity index is 0.000000228. The Morgan fingerprint density at radius 1 is 0.263 bits per heavy atom. The highest BCUT2D eigenvalue weighted by atomic mass is 35.5. The minimum atomic E-state index is -0.429. The van der Waals surface area contributed by atoms with Gasteiger partial charge in [-0.05, 0) is 404 Å². The van der Waals surface area contributed by atoms with E-state index in [1.165, 1.54) is 12.1 Å². The lowest BCUT2D eigenvalue weighted by Crippen LogP contribution is -2.23. The first-order chi connectivity index (χ1) is 65.1. The number of anilines is 7. The van der Waals surface area contributed by atoms with E-state index in [1.807, 2.05) is 176 Å². The first kappa shape index (κ1) is 111. The van der Waals surface area contributed by atoms with Gasteiger partial charge in [0.25, 0.3) is 41.4 Å². The number of likely N-dealkylation sites (N-methyl/N-ethyl adjacent to an activating group) is 3. The summed E-state index contributed by atoms with van der Waals surface area (Å²) in [5.74, 6) is -0.465. The summed E-state index contributed by atoms with van der Waals surface area (Å²) < 4.78 is 29.2. The maximum Gasteiger partial charge on any atom is 0.263 e. The summed E-state index contributed by atoms with van der Waals surface area (Å²) in [4.78, 5) is 103. The molecule has 0 bridgehead atoms. The van der Waals surface area contributed by atoms with Crippen molar-refractivity contribution < 1.29 is 57.2 Å². The number of amides is 7. The van der Waals surface area contributed by atoms with Crippen molar-refractivity contribution in [1.29, 1.82) is 0 Å². The van der Waals surface area contributed by atoms with Gasteiger partial charge < -0.3 is 85.4 Å². The van der Waals surface area contributed by atoms with Crippen molar-refractivity contribution in [3.8, 4) is 28.7 Å². The average molecular weight is 2010 g/mol. The van der Waals surface area contributed by atoms with Crippen LogP contribution in [0.1, 0.15) is 149 Å². The van der Waals surface area contributed by atoms with Gasteiger partial charge in [-0.25, -0.2) is 0 Å². The molecule has 0 saturated carbocycles. The van der Waals surface area contributed by atoms with Crippen LogP contribution in [-0.4, -0.2) is 202 Å². The van der Waals surface area contributed by atoms with Gasteiger partial charge >= 0.3 is 0 Å². The third-order valence-corrected chi connectivity index (χ3v) is 24.0. The lowest BCUT2D eigenvalue weighted by molar-refractivity contribution is 0.100.